The molecule has 0 rings (SSSR count). The molecule has 0 heterocycles. The van der Waals surface area contributed by atoms with Gasteiger partial charge >= 0.3 is 5.97 Å². The average Bonchev–Trinajstić information content (AvgIpc) is 1.96. The molecule has 0 aromatic carbocycles. The molecule has 0 radical (unpaired) electrons. The van der Waals surface area contributed by atoms with Gasteiger partial charge in [0.2, 0.25) is 0 Å². The number of ether oxygens (including phenoxy) is 2. The molecule has 0 aromatic rings. The summed E-state index contributed by atoms with van der Waals surface area (Å²) in [6.07, 6.45) is 4.77. The first-order valence-electron chi connectivity index (χ1n) is 3.73. The Morgan fingerprint density at radius 3 is 2.42 bits per heavy atom. The summed E-state index contributed by atoms with van der Waals surface area (Å²) in [6.45, 7) is 6.36. The van der Waals surface area contributed by atoms with Gasteiger partial charge in [0.25, 0.3) is 0 Å². The van der Waals surface area contributed by atoms with Gasteiger partial charge in [0.05, 0.1) is 12.2 Å². The Labute approximate surface area is 73.0 Å². The van der Waals surface area contributed by atoms with Crippen LogP contribution in [0.2, 0.25) is 0 Å². The fraction of sp³-hybridized carbons (Fsp3) is 0.667. The Bertz CT molecular complexity index is 183. The number of hydrogen-bond acceptors (Lipinski definition) is 3. The Morgan fingerprint density at radius 2 is 2.00 bits per heavy atom. The second kappa shape index (κ2) is 4.78. The van der Waals surface area contributed by atoms with Crippen LogP contribution in [0.1, 0.15) is 20.8 Å². The number of rotatable bonds is 3. The van der Waals surface area contributed by atoms with Crippen LogP contribution in [0.4, 0.5) is 0 Å². The highest BCUT2D eigenvalue weighted by Gasteiger charge is 2.09. The topological polar surface area (TPSA) is 35.5 Å². The minimum atomic E-state index is -0.646. The van der Waals surface area contributed by atoms with Crippen molar-refractivity contribution < 1.29 is 14.3 Å². The third kappa shape index (κ3) is 7.10. The normalized spacial score (nSPS) is 10.5. The first kappa shape index (κ1) is 11.0. The van der Waals surface area contributed by atoms with E-state index in [0.29, 0.717) is 6.61 Å². The molecule has 0 aliphatic carbocycles. The fourth-order valence-electron chi connectivity index (χ4n) is 0.524. The first-order chi connectivity index (χ1) is 5.45. The molecule has 0 N–H and O–H groups in total. The van der Waals surface area contributed by atoms with Gasteiger partial charge in [-0.15, -0.1) is 6.42 Å². The van der Waals surface area contributed by atoms with E-state index < -0.39 is 5.97 Å². The molecule has 0 aromatic heterocycles. The van der Waals surface area contributed by atoms with Gasteiger partial charge in [-0.1, -0.05) is 0 Å². The maximum Gasteiger partial charge on any atom is 0.384 e. The van der Waals surface area contributed by atoms with E-state index in [2.05, 4.69) is 4.74 Å². The van der Waals surface area contributed by atoms with Crippen molar-refractivity contribution in [3.8, 4) is 12.3 Å². The van der Waals surface area contributed by atoms with Crippen LogP contribution in [0.5, 0.6) is 0 Å². The van der Waals surface area contributed by atoms with Gasteiger partial charge in [-0.3, -0.25) is 0 Å². The van der Waals surface area contributed by atoms with E-state index in [-0.39, 0.29) is 12.2 Å². The molecule has 0 amide bonds. The zero-order valence-corrected chi connectivity index (χ0v) is 7.72. The third-order valence-electron chi connectivity index (χ3n) is 0.969. The van der Waals surface area contributed by atoms with E-state index >= 15 is 0 Å². The summed E-state index contributed by atoms with van der Waals surface area (Å²) in [5, 5.41) is 0. The predicted molar refractivity (Wildman–Crippen MR) is 45.5 cm³/mol. The van der Waals surface area contributed by atoms with Crippen molar-refractivity contribution in [2.24, 2.45) is 0 Å². The summed E-state index contributed by atoms with van der Waals surface area (Å²) in [5.74, 6) is 1.20. The molecule has 0 fully saturated rings. The van der Waals surface area contributed by atoms with Crippen molar-refractivity contribution in [2.75, 3.05) is 13.2 Å². The Balaban J connectivity index is 3.36. The number of esters is 1. The lowest BCUT2D eigenvalue weighted by Crippen LogP contribution is -2.22. The van der Waals surface area contributed by atoms with Crippen LogP contribution in [0.3, 0.4) is 0 Å². The lowest BCUT2D eigenvalue weighted by molar-refractivity contribution is -0.139. The van der Waals surface area contributed by atoms with E-state index in [1.807, 2.05) is 26.7 Å². The van der Waals surface area contributed by atoms with Crippen molar-refractivity contribution in [1.82, 2.24) is 0 Å². The summed E-state index contributed by atoms with van der Waals surface area (Å²) in [7, 11) is 0. The lowest BCUT2D eigenvalue weighted by atomic mass is 10.2. The van der Waals surface area contributed by atoms with Crippen LogP contribution < -0.4 is 0 Å². The van der Waals surface area contributed by atoms with E-state index in [0.717, 1.165) is 0 Å². The summed E-state index contributed by atoms with van der Waals surface area (Å²) >= 11 is 0. The van der Waals surface area contributed by atoms with Gasteiger partial charge < -0.3 is 9.47 Å². The quantitative estimate of drug-likeness (QED) is 0.274. The minimum Gasteiger partial charge on any atom is -0.454 e. The molecular weight excluding hydrogens is 156 g/mol. The molecule has 0 saturated carbocycles. The van der Waals surface area contributed by atoms with Crippen molar-refractivity contribution >= 4 is 5.97 Å². The van der Waals surface area contributed by atoms with Crippen molar-refractivity contribution in [1.29, 1.82) is 0 Å². The molecule has 0 saturated heterocycles. The summed E-state index contributed by atoms with van der Waals surface area (Å²) in [4.78, 5) is 10.4. The monoisotopic (exact) mass is 170 g/mol. The molecule has 68 valence electrons. The van der Waals surface area contributed by atoms with E-state index in [9.17, 15) is 4.79 Å². The highest BCUT2D eigenvalue weighted by atomic mass is 16.6. The minimum absolute atomic E-state index is 0.206. The predicted octanol–water partition coefficient (Wildman–Crippen LogP) is 0.978. The fourth-order valence-corrected chi connectivity index (χ4v) is 0.524. The maximum absolute atomic E-state index is 10.4. The largest absolute Gasteiger partial charge is 0.454 e. The Morgan fingerprint density at radius 1 is 1.42 bits per heavy atom. The zero-order chi connectivity index (χ0) is 9.61. The maximum atomic E-state index is 10.4. The van der Waals surface area contributed by atoms with Crippen molar-refractivity contribution in [2.45, 2.75) is 26.4 Å². The smallest absolute Gasteiger partial charge is 0.384 e. The Hall–Kier alpha value is -1.01. The zero-order valence-electron chi connectivity index (χ0n) is 7.72. The molecule has 0 bridgehead atoms. The van der Waals surface area contributed by atoms with Gasteiger partial charge in [0.1, 0.15) is 6.61 Å². The molecule has 3 heteroatoms. The highest BCUT2D eigenvalue weighted by Crippen LogP contribution is 2.05. The molecule has 3 nitrogen and oxygen atoms in total. The molecule has 12 heavy (non-hydrogen) atoms. The standard InChI is InChI=1S/C9H14O3/c1-5-8(10)11-6-7-12-9(2,3)4/h1H,6-7H2,2-4H3. The van der Waals surface area contributed by atoms with E-state index in [1.165, 1.54) is 0 Å². The SMILES string of the molecule is C#CC(=O)OCCOC(C)(C)C. The molecule has 0 unspecified atom stereocenters. The molecule has 0 aliphatic heterocycles. The van der Waals surface area contributed by atoms with Crippen molar-refractivity contribution in [3.63, 3.8) is 0 Å². The van der Waals surface area contributed by atoms with Gasteiger partial charge in [0.15, 0.2) is 0 Å². The number of carbonyl (C=O) groups excluding carboxylic acids is 1. The van der Waals surface area contributed by atoms with Crippen molar-refractivity contribution in [3.05, 3.63) is 0 Å². The Kier molecular flexibility index (Phi) is 4.38. The lowest BCUT2D eigenvalue weighted by Gasteiger charge is -2.18. The van der Waals surface area contributed by atoms with E-state index in [1.54, 1.807) is 0 Å². The molecule has 0 spiro atoms. The summed E-state index contributed by atoms with van der Waals surface area (Å²) in [6, 6.07) is 0. The molecule has 0 aliphatic rings. The van der Waals surface area contributed by atoms with Gasteiger partial charge in [-0.25, -0.2) is 4.79 Å². The second-order valence-corrected chi connectivity index (χ2v) is 3.24. The van der Waals surface area contributed by atoms with Crippen LogP contribution in [-0.4, -0.2) is 24.8 Å². The number of hydrogen-bond donors (Lipinski definition) is 0. The highest BCUT2D eigenvalue weighted by molar-refractivity contribution is 5.87. The number of carbonyl (C=O) groups is 1. The number of terminal acetylenes is 1. The van der Waals surface area contributed by atoms with Crippen LogP contribution in [-0.2, 0) is 14.3 Å². The summed E-state index contributed by atoms with van der Waals surface area (Å²) in [5.41, 5.74) is -0.206. The van der Waals surface area contributed by atoms with Gasteiger partial charge in [-0.2, -0.15) is 0 Å². The third-order valence-corrected chi connectivity index (χ3v) is 0.969. The second-order valence-electron chi connectivity index (χ2n) is 3.24. The first-order valence-corrected chi connectivity index (χ1v) is 3.73. The van der Waals surface area contributed by atoms with Crippen LogP contribution >= 0.6 is 0 Å². The van der Waals surface area contributed by atoms with Crippen LogP contribution in [0.15, 0.2) is 0 Å². The molecular formula is C9H14O3. The van der Waals surface area contributed by atoms with E-state index in [4.69, 9.17) is 11.2 Å². The average molecular weight is 170 g/mol. The van der Waals surface area contributed by atoms with Crippen LogP contribution in [0, 0.1) is 12.3 Å². The summed E-state index contributed by atoms with van der Waals surface area (Å²) < 4.78 is 9.86. The van der Waals surface area contributed by atoms with Gasteiger partial charge in [0, 0.05) is 5.92 Å². The van der Waals surface area contributed by atoms with Gasteiger partial charge in [-0.05, 0) is 20.8 Å². The van der Waals surface area contributed by atoms with Crippen LogP contribution in [0.25, 0.3) is 0 Å². The molecule has 0 atom stereocenters.